The van der Waals surface area contributed by atoms with Crippen LogP contribution in [0.25, 0.3) is 0 Å². The van der Waals surface area contributed by atoms with Gasteiger partial charge in [-0.15, -0.1) is 0 Å². The zero-order chi connectivity index (χ0) is 11.8. The second-order valence-corrected chi connectivity index (χ2v) is 4.73. The number of nitrogens with one attached hydrogen (secondary N) is 1. The monoisotopic (exact) mass is 225 g/mol. The van der Waals surface area contributed by atoms with Gasteiger partial charge >= 0.3 is 0 Å². The quantitative estimate of drug-likeness (QED) is 0.773. The molecule has 0 amide bonds. The summed E-state index contributed by atoms with van der Waals surface area (Å²) in [5, 5.41) is 2.98. The number of hydrogen-bond acceptors (Lipinski definition) is 1. The average molecular weight is 225 g/mol. The van der Waals surface area contributed by atoms with Crippen LogP contribution in [-0.4, -0.2) is 12.5 Å². The lowest BCUT2D eigenvalue weighted by Crippen LogP contribution is -2.57. The molecule has 0 aliphatic carbocycles. The fraction of sp³-hybridized carbons (Fsp3) is 0.538. The summed E-state index contributed by atoms with van der Waals surface area (Å²) < 4.78 is 28.0. The Morgan fingerprint density at radius 2 is 2.06 bits per heavy atom. The van der Waals surface area contributed by atoms with E-state index in [1.54, 1.807) is 13.0 Å². The molecule has 1 nitrogen and oxygen atoms in total. The van der Waals surface area contributed by atoms with Gasteiger partial charge in [0.15, 0.2) is 0 Å². The van der Waals surface area contributed by atoms with E-state index in [0.717, 1.165) is 5.56 Å². The van der Waals surface area contributed by atoms with Crippen molar-refractivity contribution in [1.29, 1.82) is 0 Å². The molecule has 0 saturated carbocycles. The van der Waals surface area contributed by atoms with Crippen LogP contribution in [0.2, 0.25) is 0 Å². The van der Waals surface area contributed by atoms with E-state index in [1.165, 1.54) is 0 Å². The highest BCUT2D eigenvalue weighted by Crippen LogP contribution is 2.43. The minimum Gasteiger partial charge on any atom is -0.303 e. The number of aryl methyl sites for hydroxylation is 1. The zero-order valence-corrected chi connectivity index (χ0v) is 9.69. The highest BCUT2D eigenvalue weighted by Gasteiger charge is 2.52. The predicted octanol–water partition coefficient (Wildman–Crippen LogP) is 3.23. The van der Waals surface area contributed by atoms with E-state index in [4.69, 9.17) is 0 Å². The molecular weight excluding hydrogens is 208 g/mol. The van der Waals surface area contributed by atoms with Crippen molar-refractivity contribution in [2.24, 2.45) is 0 Å². The van der Waals surface area contributed by atoms with Crippen molar-refractivity contribution in [1.82, 2.24) is 5.32 Å². The molecule has 1 aliphatic rings. The third-order valence-electron chi connectivity index (χ3n) is 3.47. The minimum absolute atomic E-state index is 0.0373. The number of halogens is 2. The van der Waals surface area contributed by atoms with E-state index in [-0.39, 0.29) is 6.42 Å². The maximum absolute atomic E-state index is 14.0. The van der Waals surface area contributed by atoms with E-state index < -0.39 is 11.5 Å². The molecule has 1 N–H and O–H groups in total. The van der Waals surface area contributed by atoms with Gasteiger partial charge in [0.25, 0.3) is 5.92 Å². The first-order chi connectivity index (χ1) is 7.46. The Morgan fingerprint density at radius 3 is 2.69 bits per heavy atom. The molecule has 1 aromatic carbocycles. The van der Waals surface area contributed by atoms with Crippen molar-refractivity contribution in [3.63, 3.8) is 0 Å². The van der Waals surface area contributed by atoms with Gasteiger partial charge in [-0.2, -0.15) is 0 Å². The van der Waals surface area contributed by atoms with E-state index in [0.29, 0.717) is 18.5 Å². The van der Waals surface area contributed by atoms with Gasteiger partial charge in [0.2, 0.25) is 0 Å². The maximum Gasteiger partial charge on any atom is 0.269 e. The summed E-state index contributed by atoms with van der Waals surface area (Å²) in [5.74, 6) is -2.68. The summed E-state index contributed by atoms with van der Waals surface area (Å²) >= 11 is 0. The lowest BCUT2D eigenvalue weighted by molar-refractivity contribution is -0.110. The highest BCUT2D eigenvalue weighted by molar-refractivity contribution is 5.31. The number of hydrogen-bond donors (Lipinski definition) is 1. The number of benzene rings is 1. The van der Waals surface area contributed by atoms with Gasteiger partial charge < -0.3 is 5.32 Å². The van der Waals surface area contributed by atoms with Crippen molar-refractivity contribution in [2.45, 2.75) is 38.2 Å². The van der Waals surface area contributed by atoms with Crippen LogP contribution in [0.1, 0.15) is 30.9 Å². The van der Waals surface area contributed by atoms with E-state index in [1.807, 2.05) is 25.1 Å². The number of piperidine rings is 1. The molecule has 0 aromatic heterocycles. The first kappa shape index (κ1) is 11.5. The van der Waals surface area contributed by atoms with Gasteiger partial charge in [0, 0.05) is 6.42 Å². The summed E-state index contributed by atoms with van der Waals surface area (Å²) in [5.41, 5.74) is 0.469. The van der Waals surface area contributed by atoms with Crippen LogP contribution in [0.15, 0.2) is 24.3 Å². The van der Waals surface area contributed by atoms with Gasteiger partial charge in [-0.25, -0.2) is 8.78 Å². The summed E-state index contributed by atoms with van der Waals surface area (Å²) in [6, 6.07) is 7.38. The van der Waals surface area contributed by atoms with Gasteiger partial charge in [-0.05, 0) is 32.4 Å². The molecule has 1 aliphatic heterocycles. The summed E-state index contributed by atoms with van der Waals surface area (Å²) in [7, 11) is 0. The normalized spacial score (nSPS) is 29.0. The van der Waals surface area contributed by atoms with E-state index in [2.05, 4.69) is 5.32 Å². The van der Waals surface area contributed by atoms with Gasteiger partial charge in [-0.1, -0.05) is 29.8 Å². The standard InChI is InChI=1S/C13H17F2N/c1-10-5-3-6-11(9-10)12(2)13(14,15)7-4-8-16-12/h3,5-6,9,16H,4,7-8H2,1-2H3. The molecule has 2 rings (SSSR count). The Hall–Kier alpha value is -0.960. The van der Waals surface area contributed by atoms with Crippen LogP contribution < -0.4 is 5.32 Å². The SMILES string of the molecule is Cc1cccc(C2(C)NCCCC2(F)F)c1. The molecule has 0 spiro atoms. The average Bonchev–Trinajstić information content (AvgIpc) is 2.22. The second kappa shape index (κ2) is 3.81. The molecule has 3 heteroatoms. The smallest absolute Gasteiger partial charge is 0.269 e. The molecule has 88 valence electrons. The third-order valence-corrected chi connectivity index (χ3v) is 3.47. The van der Waals surface area contributed by atoms with Crippen molar-refractivity contribution < 1.29 is 8.78 Å². The zero-order valence-electron chi connectivity index (χ0n) is 9.69. The van der Waals surface area contributed by atoms with Crippen LogP contribution in [0, 0.1) is 6.92 Å². The Bertz CT molecular complexity index is 389. The van der Waals surface area contributed by atoms with E-state index in [9.17, 15) is 8.78 Å². The number of rotatable bonds is 1. The lowest BCUT2D eigenvalue weighted by atomic mass is 9.80. The van der Waals surface area contributed by atoms with E-state index >= 15 is 0 Å². The van der Waals surface area contributed by atoms with Crippen LogP contribution >= 0.6 is 0 Å². The molecule has 1 heterocycles. The molecule has 1 fully saturated rings. The Labute approximate surface area is 94.9 Å². The first-order valence-electron chi connectivity index (χ1n) is 5.66. The van der Waals surface area contributed by atoms with Crippen LogP contribution in [0.3, 0.4) is 0 Å². The fourth-order valence-electron chi connectivity index (χ4n) is 2.30. The molecule has 0 radical (unpaired) electrons. The molecule has 0 bridgehead atoms. The Morgan fingerprint density at radius 1 is 1.31 bits per heavy atom. The summed E-state index contributed by atoms with van der Waals surface area (Å²) in [6.07, 6.45) is 0.499. The van der Waals surface area contributed by atoms with Gasteiger partial charge in [0.05, 0.1) is 0 Å². The lowest BCUT2D eigenvalue weighted by Gasteiger charge is -2.42. The van der Waals surface area contributed by atoms with Crippen LogP contribution in [-0.2, 0) is 5.54 Å². The molecule has 1 saturated heterocycles. The van der Waals surface area contributed by atoms with Crippen LogP contribution in [0.5, 0.6) is 0 Å². The van der Waals surface area contributed by atoms with Crippen molar-refractivity contribution in [3.05, 3.63) is 35.4 Å². The molecule has 1 aromatic rings. The Kier molecular flexibility index (Phi) is 2.74. The third kappa shape index (κ3) is 1.73. The van der Waals surface area contributed by atoms with Crippen molar-refractivity contribution in [2.75, 3.05) is 6.54 Å². The summed E-state index contributed by atoms with van der Waals surface area (Å²) in [6.45, 7) is 4.18. The molecule has 1 unspecified atom stereocenters. The summed E-state index contributed by atoms with van der Waals surface area (Å²) in [4.78, 5) is 0. The molecule has 1 atom stereocenters. The topological polar surface area (TPSA) is 12.0 Å². The highest BCUT2D eigenvalue weighted by atomic mass is 19.3. The predicted molar refractivity (Wildman–Crippen MR) is 60.7 cm³/mol. The second-order valence-electron chi connectivity index (χ2n) is 4.73. The first-order valence-corrected chi connectivity index (χ1v) is 5.66. The molecule has 16 heavy (non-hydrogen) atoms. The van der Waals surface area contributed by atoms with Crippen LogP contribution in [0.4, 0.5) is 8.78 Å². The molecular formula is C13H17F2N. The fourth-order valence-corrected chi connectivity index (χ4v) is 2.30. The minimum atomic E-state index is -2.68. The van der Waals surface area contributed by atoms with Crippen molar-refractivity contribution >= 4 is 0 Å². The number of alkyl halides is 2. The van der Waals surface area contributed by atoms with Crippen molar-refractivity contribution in [3.8, 4) is 0 Å². The largest absolute Gasteiger partial charge is 0.303 e. The van der Waals surface area contributed by atoms with Gasteiger partial charge in [-0.3, -0.25) is 0 Å². The Balaban J connectivity index is 2.43. The maximum atomic E-state index is 14.0. The van der Waals surface area contributed by atoms with Gasteiger partial charge in [0.1, 0.15) is 5.54 Å².